The molecule has 0 saturated carbocycles. The highest BCUT2D eigenvalue weighted by Crippen LogP contribution is 2.31. The number of hydrogen-bond acceptors (Lipinski definition) is 6. The van der Waals surface area contributed by atoms with Crippen LogP contribution in [-0.2, 0) is 4.79 Å². The number of urea groups is 1. The minimum Gasteiger partial charge on any atom is -0.351 e. The SMILES string of the molecule is Cc1ccc(-n2c(S[C@@H](C)C(=O)NC(N)=O)nnc2-c2cccnc2)c(C)c1. The molecule has 0 aliphatic rings. The first kappa shape index (κ1) is 19.6. The Hall–Kier alpha value is -3.20. The van der Waals surface area contributed by atoms with Crippen molar-refractivity contribution in [2.24, 2.45) is 5.73 Å². The number of nitrogens with one attached hydrogen (secondary N) is 1. The summed E-state index contributed by atoms with van der Waals surface area (Å²) in [5, 5.41) is 10.6. The Morgan fingerprint density at radius 1 is 1.21 bits per heavy atom. The van der Waals surface area contributed by atoms with Gasteiger partial charge in [-0.1, -0.05) is 29.5 Å². The molecule has 3 aromatic rings. The number of hydrogen-bond donors (Lipinski definition) is 2. The van der Waals surface area contributed by atoms with Crippen molar-refractivity contribution in [2.45, 2.75) is 31.2 Å². The van der Waals surface area contributed by atoms with Gasteiger partial charge in [-0.2, -0.15) is 0 Å². The molecule has 0 fully saturated rings. The number of amides is 3. The van der Waals surface area contributed by atoms with Gasteiger partial charge in [-0.25, -0.2) is 4.79 Å². The van der Waals surface area contributed by atoms with Crippen LogP contribution in [0.15, 0.2) is 47.9 Å². The van der Waals surface area contributed by atoms with Crippen molar-refractivity contribution in [3.8, 4) is 17.1 Å². The van der Waals surface area contributed by atoms with Crippen LogP contribution in [0.4, 0.5) is 4.79 Å². The van der Waals surface area contributed by atoms with Crippen LogP contribution in [0, 0.1) is 13.8 Å². The maximum Gasteiger partial charge on any atom is 0.318 e. The molecular weight excluding hydrogens is 376 g/mol. The Labute approximate surface area is 166 Å². The molecule has 8 nitrogen and oxygen atoms in total. The van der Waals surface area contributed by atoms with Gasteiger partial charge in [0.05, 0.1) is 10.9 Å². The average Bonchev–Trinajstić information content (AvgIpc) is 3.05. The highest BCUT2D eigenvalue weighted by Gasteiger charge is 2.23. The second-order valence-corrected chi connectivity index (χ2v) is 7.59. The summed E-state index contributed by atoms with van der Waals surface area (Å²) in [5.41, 5.74) is 8.93. The molecule has 1 aromatic carbocycles. The van der Waals surface area contributed by atoms with E-state index in [4.69, 9.17) is 5.73 Å². The number of nitrogens with zero attached hydrogens (tertiary/aromatic N) is 4. The third-order valence-corrected chi connectivity index (χ3v) is 5.09. The van der Waals surface area contributed by atoms with Crippen molar-refractivity contribution in [1.82, 2.24) is 25.1 Å². The summed E-state index contributed by atoms with van der Waals surface area (Å²) in [6, 6.07) is 8.91. The van der Waals surface area contributed by atoms with Crippen LogP contribution in [0.3, 0.4) is 0 Å². The van der Waals surface area contributed by atoms with Crippen molar-refractivity contribution in [1.29, 1.82) is 0 Å². The molecule has 0 aliphatic carbocycles. The van der Waals surface area contributed by atoms with Crippen LogP contribution in [0.25, 0.3) is 17.1 Å². The Balaban J connectivity index is 2.07. The summed E-state index contributed by atoms with van der Waals surface area (Å²) in [4.78, 5) is 27.2. The fraction of sp³-hybridized carbons (Fsp3) is 0.211. The predicted molar refractivity (Wildman–Crippen MR) is 107 cm³/mol. The molecule has 0 radical (unpaired) electrons. The van der Waals surface area contributed by atoms with E-state index in [1.807, 2.05) is 42.7 Å². The number of aryl methyl sites for hydroxylation is 2. The van der Waals surface area contributed by atoms with Crippen molar-refractivity contribution in [3.63, 3.8) is 0 Å². The second-order valence-electron chi connectivity index (χ2n) is 6.29. The second kappa shape index (κ2) is 8.22. The highest BCUT2D eigenvalue weighted by molar-refractivity contribution is 8.00. The zero-order valence-corrected chi connectivity index (χ0v) is 16.5. The number of thioether (sulfide) groups is 1. The van der Waals surface area contributed by atoms with Crippen LogP contribution in [-0.4, -0.2) is 36.9 Å². The van der Waals surface area contributed by atoms with Crippen molar-refractivity contribution >= 4 is 23.7 Å². The van der Waals surface area contributed by atoms with E-state index < -0.39 is 17.2 Å². The van der Waals surface area contributed by atoms with Gasteiger partial charge in [0.25, 0.3) is 0 Å². The van der Waals surface area contributed by atoms with Crippen molar-refractivity contribution in [2.75, 3.05) is 0 Å². The molecule has 0 unspecified atom stereocenters. The van der Waals surface area contributed by atoms with Gasteiger partial charge >= 0.3 is 6.03 Å². The molecule has 0 spiro atoms. The average molecular weight is 396 g/mol. The Bertz CT molecular complexity index is 1020. The van der Waals surface area contributed by atoms with Gasteiger partial charge in [-0.05, 0) is 44.5 Å². The number of aromatic nitrogens is 4. The van der Waals surface area contributed by atoms with Crippen LogP contribution in [0.1, 0.15) is 18.1 Å². The summed E-state index contributed by atoms with van der Waals surface area (Å²) in [6.07, 6.45) is 3.40. The van der Waals surface area contributed by atoms with E-state index in [1.54, 1.807) is 19.3 Å². The number of imide groups is 1. The van der Waals surface area contributed by atoms with E-state index in [2.05, 4.69) is 26.6 Å². The maximum absolute atomic E-state index is 12.1. The van der Waals surface area contributed by atoms with Crippen molar-refractivity contribution in [3.05, 3.63) is 53.9 Å². The largest absolute Gasteiger partial charge is 0.351 e. The lowest BCUT2D eigenvalue weighted by atomic mass is 10.1. The normalized spacial score (nSPS) is 11.8. The lowest BCUT2D eigenvalue weighted by Crippen LogP contribution is -2.39. The van der Waals surface area contributed by atoms with Gasteiger partial charge in [0.15, 0.2) is 11.0 Å². The van der Waals surface area contributed by atoms with Gasteiger partial charge < -0.3 is 5.73 Å². The molecule has 2 aromatic heterocycles. The Morgan fingerprint density at radius 3 is 2.64 bits per heavy atom. The molecule has 0 aliphatic heterocycles. The van der Waals surface area contributed by atoms with E-state index in [0.717, 1.165) is 22.4 Å². The van der Waals surface area contributed by atoms with Gasteiger partial charge in [-0.15, -0.1) is 10.2 Å². The fourth-order valence-electron chi connectivity index (χ4n) is 2.74. The van der Waals surface area contributed by atoms with E-state index in [9.17, 15) is 9.59 Å². The van der Waals surface area contributed by atoms with Crippen LogP contribution >= 0.6 is 11.8 Å². The molecule has 2 heterocycles. The van der Waals surface area contributed by atoms with Gasteiger partial charge in [0, 0.05) is 18.0 Å². The smallest absolute Gasteiger partial charge is 0.318 e. The van der Waals surface area contributed by atoms with Crippen LogP contribution in [0.5, 0.6) is 0 Å². The van der Waals surface area contributed by atoms with Crippen LogP contribution < -0.4 is 11.1 Å². The third-order valence-electron chi connectivity index (χ3n) is 4.04. The van der Waals surface area contributed by atoms with Gasteiger partial charge in [-0.3, -0.25) is 19.7 Å². The maximum atomic E-state index is 12.1. The molecule has 3 amide bonds. The van der Waals surface area contributed by atoms with E-state index in [-0.39, 0.29) is 0 Å². The summed E-state index contributed by atoms with van der Waals surface area (Å²) in [5.74, 6) is 0.126. The monoisotopic (exact) mass is 396 g/mol. The molecule has 28 heavy (non-hydrogen) atoms. The predicted octanol–water partition coefficient (Wildman–Crippen LogP) is 2.62. The van der Waals surface area contributed by atoms with Gasteiger partial charge in [0.1, 0.15) is 0 Å². The summed E-state index contributed by atoms with van der Waals surface area (Å²) in [7, 11) is 0. The molecule has 3 N–H and O–H groups in total. The Morgan fingerprint density at radius 2 is 2.00 bits per heavy atom. The standard InChI is InChI=1S/C19H20N6O2S/c1-11-6-7-15(12(2)9-11)25-16(14-5-4-8-21-10-14)23-24-19(25)28-13(3)17(26)22-18(20)27/h4-10,13H,1-3H3,(H3,20,22,26,27)/t13-/m0/s1. The number of pyridine rings is 1. The fourth-order valence-corrected chi connectivity index (χ4v) is 3.60. The summed E-state index contributed by atoms with van der Waals surface area (Å²) >= 11 is 1.19. The number of rotatable bonds is 5. The molecule has 1 atom stereocenters. The van der Waals surface area contributed by atoms with E-state index in [0.29, 0.717) is 11.0 Å². The lowest BCUT2D eigenvalue weighted by Gasteiger charge is -2.15. The molecule has 3 rings (SSSR count). The molecule has 0 saturated heterocycles. The molecule has 9 heteroatoms. The number of nitrogens with two attached hydrogens (primary N) is 1. The number of carbonyl (C=O) groups is 2. The number of benzene rings is 1. The third kappa shape index (κ3) is 4.20. The zero-order valence-electron chi connectivity index (χ0n) is 15.7. The molecule has 0 bridgehead atoms. The van der Waals surface area contributed by atoms with E-state index in [1.165, 1.54) is 11.8 Å². The minimum atomic E-state index is -0.885. The lowest BCUT2D eigenvalue weighted by molar-refractivity contribution is -0.119. The van der Waals surface area contributed by atoms with Gasteiger partial charge in [0.2, 0.25) is 5.91 Å². The van der Waals surface area contributed by atoms with Crippen LogP contribution in [0.2, 0.25) is 0 Å². The number of primary amides is 1. The number of carbonyl (C=O) groups excluding carboxylic acids is 2. The highest BCUT2D eigenvalue weighted by atomic mass is 32.2. The minimum absolute atomic E-state index is 0.490. The zero-order chi connectivity index (χ0) is 20.3. The topological polar surface area (TPSA) is 116 Å². The first-order valence-electron chi connectivity index (χ1n) is 8.57. The Kier molecular flexibility index (Phi) is 5.74. The first-order chi connectivity index (χ1) is 13.4. The molecular formula is C19H20N6O2S. The summed E-state index contributed by atoms with van der Waals surface area (Å²) < 4.78 is 1.89. The molecule has 144 valence electrons. The van der Waals surface area contributed by atoms with Crippen molar-refractivity contribution < 1.29 is 9.59 Å². The summed E-state index contributed by atoms with van der Waals surface area (Å²) in [6.45, 7) is 5.71. The first-order valence-corrected chi connectivity index (χ1v) is 9.45. The van der Waals surface area contributed by atoms with E-state index >= 15 is 0 Å². The quantitative estimate of drug-likeness (QED) is 0.641.